The van der Waals surface area contributed by atoms with E-state index in [1.54, 1.807) is 6.08 Å². The molecule has 0 spiro atoms. The van der Waals surface area contributed by atoms with E-state index in [4.69, 9.17) is 9.05 Å². The van der Waals surface area contributed by atoms with Gasteiger partial charge in [0.05, 0.1) is 39.9 Å². The summed E-state index contributed by atoms with van der Waals surface area (Å²) in [6, 6.07) is -0.870. The van der Waals surface area contributed by atoms with Crippen LogP contribution in [0.2, 0.25) is 0 Å². The summed E-state index contributed by atoms with van der Waals surface area (Å²) in [5.41, 5.74) is 0. The molecule has 0 fully saturated rings. The summed E-state index contributed by atoms with van der Waals surface area (Å²) in [5, 5.41) is 13.7. The topological polar surface area (TPSA) is 105 Å². The third-order valence-electron chi connectivity index (χ3n) is 9.51. The number of phosphoric ester groups is 1. The Bertz CT molecular complexity index is 1020. The average molecular weight is 782 g/mol. The zero-order valence-electron chi connectivity index (χ0n) is 35.7. The van der Waals surface area contributed by atoms with E-state index in [-0.39, 0.29) is 19.1 Å². The van der Waals surface area contributed by atoms with Crippen molar-refractivity contribution in [3.8, 4) is 0 Å². The lowest BCUT2D eigenvalue weighted by Crippen LogP contribution is -2.45. The van der Waals surface area contributed by atoms with Gasteiger partial charge in [0, 0.05) is 6.42 Å². The summed E-state index contributed by atoms with van der Waals surface area (Å²) >= 11 is 0. The monoisotopic (exact) mass is 782 g/mol. The first-order valence-electron chi connectivity index (χ1n) is 22.0. The second kappa shape index (κ2) is 37.1. The third kappa shape index (κ3) is 38.7. The van der Waals surface area contributed by atoms with Gasteiger partial charge >= 0.3 is 7.82 Å². The van der Waals surface area contributed by atoms with Gasteiger partial charge < -0.3 is 19.8 Å². The standard InChI is InChI=1S/C45H85N2O6P/c1-6-8-10-12-14-16-18-19-20-21-22-23-24-25-26-27-28-29-31-33-35-37-39-45(49)46-43(42-53-54(50,51)52-41-40-47(3,4)5)44(48)38-36-34-32-30-17-15-13-11-9-7-2/h9,11,17,24-25,30,36,38,43-44,48H,6-8,10,12-16,18-23,26-29,31-35,37,39-42H2,1-5H3,(H-,46,49,50,51)/p+1/b11-9+,25-24-,30-17+,38-36+. The number of rotatable bonds is 39. The van der Waals surface area contributed by atoms with Crippen LogP contribution in [0.4, 0.5) is 0 Å². The molecule has 3 unspecified atom stereocenters. The van der Waals surface area contributed by atoms with Crippen molar-refractivity contribution < 1.29 is 32.9 Å². The zero-order chi connectivity index (χ0) is 40.0. The molecule has 0 aromatic rings. The van der Waals surface area contributed by atoms with Crippen LogP contribution in [-0.2, 0) is 18.4 Å². The summed E-state index contributed by atoms with van der Waals surface area (Å²) in [7, 11) is 1.54. The van der Waals surface area contributed by atoms with Crippen LogP contribution in [0.3, 0.4) is 0 Å². The van der Waals surface area contributed by atoms with Crippen LogP contribution >= 0.6 is 7.82 Å². The molecule has 0 aliphatic rings. The minimum Gasteiger partial charge on any atom is -0.387 e. The Labute approximate surface area is 333 Å². The summed E-state index contributed by atoms with van der Waals surface area (Å²) in [4.78, 5) is 23.0. The highest BCUT2D eigenvalue weighted by atomic mass is 31.2. The Kier molecular flexibility index (Phi) is 36.0. The van der Waals surface area contributed by atoms with Crippen LogP contribution in [-0.4, -0.2) is 73.4 Å². The van der Waals surface area contributed by atoms with Crippen LogP contribution in [0.25, 0.3) is 0 Å². The highest BCUT2D eigenvalue weighted by Crippen LogP contribution is 2.43. The molecule has 0 saturated heterocycles. The highest BCUT2D eigenvalue weighted by molar-refractivity contribution is 7.47. The summed E-state index contributed by atoms with van der Waals surface area (Å²) in [6.45, 7) is 4.65. The molecule has 8 nitrogen and oxygen atoms in total. The van der Waals surface area contributed by atoms with Gasteiger partial charge in [-0.25, -0.2) is 4.57 Å². The Morgan fingerprint density at radius 1 is 0.630 bits per heavy atom. The molecule has 0 rings (SSSR count). The van der Waals surface area contributed by atoms with Crippen molar-refractivity contribution >= 4 is 13.7 Å². The van der Waals surface area contributed by atoms with E-state index in [1.165, 1.54) is 109 Å². The molecule has 9 heteroatoms. The third-order valence-corrected chi connectivity index (χ3v) is 10.5. The number of nitrogens with one attached hydrogen (secondary N) is 1. The van der Waals surface area contributed by atoms with E-state index in [0.29, 0.717) is 17.4 Å². The number of likely N-dealkylation sites (N-methyl/N-ethyl adjacent to an activating group) is 1. The van der Waals surface area contributed by atoms with Crippen LogP contribution < -0.4 is 5.32 Å². The van der Waals surface area contributed by atoms with E-state index >= 15 is 0 Å². The number of quaternary nitrogens is 1. The number of carbonyl (C=O) groups excluding carboxylic acids is 1. The number of unbranched alkanes of at least 4 members (excludes halogenated alkanes) is 20. The maximum atomic E-state index is 12.8. The fraction of sp³-hybridized carbons (Fsp3) is 0.800. The largest absolute Gasteiger partial charge is 0.472 e. The molecule has 0 heterocycles. The van der Waals surface area contributed by atoms with Gasteiger partial charge in [0.1, 0.15) is 13.2 Å². The fourth-order valence-electron chi connectivity index (χ4n) is 6.02. The second-order valence-electron chi connectivity index (χ2n) is 16.0. The molecule has 3 N–H and O–H groups in total. The summed E-state index contributed by atoms with van der Waals surface area (Å²) in [6.07, 6.45) is 46.3. The number of hydrogen-bond donors (Lipinski definition) is 3. The van der Waals surface area contributed by atoms with E-state index in [0.717, 1.165) is 51.4 Å². The molecule has 0 aromatic carbocycles. The number of aliphatic hydroxyl groups is 1. The van der Waals surface area contributed by atoms with Gasteiger partial charge in [-0.1, -0.05) is 159 Å². The van der Waals surface area contributed by atoms with Crippen LogP contribution in [0, 0.1) is 0 Å². The summed E-state index contributed by atoms with van der Waals surface area (Å²) in [5.74, 6) is -0.199. The van der Waals surface area contributed by atoms with Crippen molar-refractivity contribution in [1.29, 1.82) is 0 Å². The fourth-order valence-corrected chi connectivity index (χ4v) is 6.75. The number of phosphoric acid groups is 1. The maximum absolute atomic E-state index is 12.8. The van der Waals surface area contributed by atoms with E-state index in [9.17, 15) is 19.4 Å². The van der Waals surface area contributed by atoms with Crippen molar-refractivity contribution in [1.82, 2.24) is 5.32 Å². The quantitative estimate of drug-likeness (QED) is 0.0248. The minimum atomic E-state index is -4.34. The van der Waals surface area contributed by atoms with Crippen LogP contribution in [0.15, 0.2) is 48.6 Å². The molecule has 0 aliphatic heterocycles. The van der Waals surface area contributed by atoms with Crippen LogP contribution in [0.1, 0.15) is 181 Å². The lowest BCUT2D eigenvalue weighted by atomic mass is 10.0. The first-order chi connectivity index (χ1) is 26.0. The molecule has 316 valence electrons. The van der Waals surface area contributed by atoms with Gasteiger partial charge in [0.25, 0.3) is 0 Å². The molecular formula is C45H86N2O6P+. The molecular weight excluding hydrogens is 695 g/mol. The molecule has 1 amide bonds. The molecule has 0 saturated carbocycles. The van der Waals surface area contributed by atoms with Crippen molar-refractivity contribution in [2.75, 3.05) is 40.9 Å². The van der Waals surface area contributed by atoms with Crippen molar-refractivity contribution in [2.24, 2.45) is 0 Å². The number of hydrogen-bond acceptors (Lipinski definition) is 5. The molecule has 3 atom stereocenters. The SMILES string of the molecule is CC/C=C/CC/C=C/CC/C=C/C(O)C(COP(=O)(O)OCC[N+](C)(C)C)NC(=O)CCCCCCCCC/C=C\CCCCCCCCCCCCC. The molecule has 0 radical (unpaired) electrons. The smallest absolute Gasteiger partial charge is 0.387 e. The number of amides is 1. The number of carbonyl (C=O) groups is 1. The summed E-state index contributed by atoms with van der Waals surface area (Å²) < 4.78 is 23.5. The Morgan fingerprint density at radius 2 is 1.07 bits per heavy atom. The lowest BCUT2D eigenvalue weighted by Gasteiger charge is -2.25. The molecule has 0 aliphatic carbocycles. The number of allylic oxidation sites excluding steroid dienone is 7. The van der Waals surface area contributed by atoms with E-state index in [1.807, 2.05) is 27.2 Å². The molecule has 0 bridgehead atoms. The number of nitrogens with zero attached hydrogens (tertiary/aromatic N) is 1. The highest BCUT2D eigenvalue weighted by Gasteiger charge is 2.27. The van der Waals surface area contributed by atoms with E-state index in [2.05, 4.69) is 55.6 Å². The van der Waals surface area contributed by atoms with Gasteiger partial charge in [-0.05, 0) is 64.2 Å². The van der Waals surface area contributed by atoms with Crippen molar-refractivity contribution in [3.63, 3.8) is 0 Å². The Balaban J connectivity index is 4.30. The minimum absolute atomic E-state index is 0.0513. The molecule has 0 aromatic heterocycles. The first-order valence-corrected chi connectivity index (χ1v) is 23.5. The Morgan fingerprint density at radius 3 is 1.57 bits per heavy atom. The van der Waals surface area contributed by atoms with Gasteiger partial charge in [-0.3, -0.25) is 13.8 Å². The first kappa shape index (κ1) is 52.5. The predicted molar refractivity (Wildman–Crippen MR) is 231 cm³/mol. The molecule has 54 heavy (non-hydrogen) atoms. The van der Waals surface area contributed by atoms with Gasteiger partial charge in [0.15, 0.2) is 0 Å². The van der Waals surface area contributed by atoms with Gasteiger partial charge in [-0.15, -0.1) is 0 Å². The van der Waals surface area contributed by atoms with Crippen molar-refractivity contribution in [2.45, 2.75) is 193 Å². The maximum Gasteiger partial charge on any atom is 0.472 e. The van der Waals surface area contributed by atoms with Gasteiger partial charge in [-0.2, -0.15) is 0 Å². The normalized spacial score (nSPS) is 14.9. The average Bonchev–Trinajstić information content (AvgIpc) is 3.12. The van der Waals surface area contributed by atoms with E-state index < -0.39 is 20.0 Å². The Hall–Kier alpha value is -1.54. The van der Waals surface area contributed by atoms with Crippen LogP contribution in [0.5, 0.6) is 0 Å². The van der Waals surface area contributed by atoms with Gasteiger partial charge in [0.2, 0.25) is 5.91 Å². The predicted octanol–water partition coefficient (Wildman–Crippen LogP) is 12.1. The lowest BCUT2D eigenvalue weighted by molar-refractivity contribution is -0.870. The number of aliphatic hydroxyl groups excluding tert-OH is 1. The second-order valence-corrected chi connectivity index (χ2v) is 17.5. The zero-order valence-corrected chi connectivity index (χ0v) is 36.6. The van der Waals surface area contributed by atoms with Crippen molar-refractivity contribution in [3.05, 3.63) is 48.6 Å².